The number of ether oxygens (including phenoxy) is 1. The van der Waals surface area contributed by atoms with Gasteiger partial charge < -0.3 is 14.5 Å². The van der Waals surface area contributed by atoms with Crippen LogP contribution in [-0.2, 0) is 14.3 Å². The van der Waals surface area contributed by atoms with Gasteiger partial charge in [0.25, 0.3) is 5.91 Å². The molecule has 0 atom stereocenters. The van der Waals surface area contributed by atoms with Gasteiger partial charge in [0.15, 0.2) is 6.61 Å². The zero-order chi connectivity index (χ0) is 15.9. The van der Waals surface area contributed by atoms with Crippen molar-refractivity contribution in [2.75, 3.05) is 11.9 Å². The topological polar surface area (TPSA) is 68.5 Å². The average Bonchev–Trinajstić information content (AvgIpc) is 2.99. The third-order valence-electron chi connectivity index (χ3n) is 2.48. The minimum Gasteiger partial charge on any atom is -0.465 e. The number of halogens is 2. The van der Waals surface area contributed by atoms with Crippen molar-refractivity contribution in [2.45, 2.75) is 0 Å². The van der Waals surface area contributed by atoms with Gasteiger partial charge in [0.2, 0.25) is 0 Å². The second kappa shape index (κ2) is 7.68. The Morgan fingerprint density at radius 1 is 1.27 bits per heavy atom. The minimum absolute atomic E-state index is 0.296. The van der Waals surface area contributed by atoms with E-state index in [9.17, 15) is 9.59 Å². The molecule has 0 aliphatic rings. The summed E-state index contributed by atoms with van der Waals surface area (Å²) in [7, 11) is 0. The molecule has 7 heteroatoms. The van der Waals surface area contributed by atoms with Crippen molar-refractivity contribution in [3.8, 4) is 0 Å². The second-order valence-electron chi connectivity index (χ2n) is 4.13. The van der Waals surface area contributed by atoms with Crippen molar-refractivity contribution in [2.24, 2.45) is 0 Å². The van der Waals surface area contributed by atoms with E-state index in [0.717, 1.165) is 0 Å². The highest BCUT2D eigenvalue weighted by Crippen LogP contribution is 2.25. The van der Waals surface area contributed by atoms with Gasteiger partial charge in [0, 0.05) is 11.1 Å². The Morgan fingerprint density at radius 2 is 2.09 bits per heavy atom. The fraction of sp³-hybridized carbons (Fsp3) is 0.0667. The average molecular weight is 340 g/mol. The van der Waals surface area contributed by atoms with Crippen LogP contribution in [0.25, 0.3) is 6.08 Å². The molecule has 1 aromatic heterocycles. The van der Waals surface area contributed by atoms with Crippen LogP contribution in [0.4, 0.5) is 5.69 Å². The third-order valence-corrected chi connectivity index (χ3v) is 3.03. The number of benzene rings is 1. The Balaban J connectivity index is 1.81. The molecule has 0 radical (unpaired) electrons. The molecule has 1 aromatic carbocycles. The molecule has 1 N–H and O–H groups in total. The van der Waals surface area contributed by atoms with Crippen LogP contribution < -0.4 is 5.32 Å². The van der Waals surface area contributed by atoms with Gasteiger partial charge in [0.05, 0.1) is 17.0 Å². The number of carbonyl (C=O) groups is 2. The molecule has 0 bridgehead atoms. The van der Waals surface area contributed by atoms with Gasteiger partial charge in [-0.15, -0.1) is 0 Å². The molecular formula is C15H11Cl2NO4. The van der Waals surface area contributed by atoms with E-state index in [1.165, 1.54) is 24.5 Å². The van der Waals surface area contributed by atoms with Gasteiger partial charge >= 0.3 is 5.97 Å². The predicted octanol–water partition coefficient (Wildman–Crippen LogP) is 3.78. The standard InChI is InChI=1S/C15H11Cl2NO4/c16-10-3-5-13(12(17)8-10)18-14(19)9-22-15(20)6-4-11-2-1-7-21-11/h1-8H,9H2,(H,18,19). The molecule has 0 fully saturated rings. The van der Waals surface area contributed by atoms with Gasteiger partial charge in [-0.3, -0.25) is 4.79 Å². The van der Waals surface area contributed by atoms with Crippen molar-refractivity contribution in [1.82, 2.24) is 0 Å². The van der Waals surface area contributed by atoms with E-state index in [0.29, 0.717) is 21.5 Å². The largest absolute Gasteiger partial charge is 0.465 e. The fourth-order valence-corrected chi connectivity index (χ4v) is 1.95. The summed E-state index contributed by atoms with van der Waals surface area (Å²) < 4.78 is 9.80. The lowest BCUT2D eigenvalue weighted by Gasteiger charge is -2.07. The summed E-state index contributed by atoms with van der Waals surface area (Å²) >= 11 is 11.7. The van der Waals surface area contributed by atoms with Gasteiger partial charge in [-0.25, -0.2) is 4.79 Å². The minimum atomic E-state index is -0.659. The maximum Gasteiger partial charge on any atom is 0.331 e. The molecule has 0 saturated carbocycles. The van der Waals surface area contributed by atoms with Crippen molar-refractivity contribution in [1.29, 1.82) is 0 Å². The highest BCUT2D eigenvalue weighted by Gasteiger charge is 2.08. The van der Waals surface area contributed by atoms with Crippen molar-refractivity contribution in [3.05, 3.63) is 58.5 Å². The number of hydrogen-bond acceptors (Lipinski definition) is 4. The number of amides is 1. The van der Waals surface area contributed by atoms with Crippen LogP contribution in [0.1, 0.15) is 5.76 Å². The third kappa shape index (κ3) is 4.95. The number of carbonyl (C=O) groups excluding carboxylic acids is 2. The van der Waals surface area contributed by atoms with E-state index < -0.39 is 18.5 Å². The molecule has 1 amide bonds. The molecule has 0 aliphatic heterocycles. The quantitative estimate of drug-likeness (QED) is 0.664. The molecule has 1 heterocycles. The SMILES string of the molecule is O=C(COC(=O)C=Cc1ccco1)Nc1ccc(Cl)cc1Cl. The number of rotatable bonds is 5. The summed E-state index contributed by atoms with van der Waals surface area (Å²) in [6.07, 6.45) is 4.09. The van der Waals surface area contributed by atoms with E-state index >= 15 is 0 Å². The Morgan fingerprint density at radius 3 is 2.77 bits per heavy atom. The highest BCUT2D eigenvalue weighted by atomic mass is 35.5. The van der Waals surface area contributed by atoms with E-state index in [2.05, 4.69) is 5.32 Å². The van der Waals surface area contributed by atoms with Gasteiger partial charge in [-0.2, -0.15) is 0 Å². The van der Waals surface area contributed by atoms with Crippen molar-refractivity contribution >= 4 is 46.8 Å². The van der Waals surface area contributed by atoms with Crippen molar-refractivity contribution in [3.63, 3.8) is 0 Å². The van der Waals surface area contributed by atoms with Gasteiger partial charge in [-0.05, 0) is 36.4 Å². The Hall–Kier alpha value is -2.24. The predicted molar refractivity (Wildman–Crippen MR) is 83.8 cm³/mol. The smallest absolute Gasteiger partial charge is 0.331 e. The molecule has 0 aliphatic carbocycles. The Kier molecular flexibility index (Phi) is 5.63. The highest BCUT2D eigenvalue weighted by molar-refractivity contribution is 6.36. The number of esters is 1. The summed E-state index contributed by atoms with van der Waals surface area (Å²) in [5, 5.41) is 3.27. The summed E-state index contributed by atoms with van der Waals surface area (Å²) in [5.74, 6) is -0.660. The Labute approximate surface area is 136 Å². The molecule has 22 heavy (non-hydrogen) atoms. The second-order valence-corrected chi connectivity index (χ2v) is 4.97. The number of anilines is 1. The van der Waals surface area contributed by atoms with E-state index in [1.807, 2.05) is 0 Å². The summed E-state index contributed by atoms with van der Waals surface area (Å²) in [5.41, 5.74) is 0.387. The molecule has 0 saturated heterocycles. The van der Waals surface area contributed by atoms with Crippen molar-refractivity contribution < 1.29 is 18.7 Å². The molecule has 0 spiro atoms. The maximum absolute atomic E-state index is 11.7. The molecule has 2 aromatic rings. The zero-order valence-corrected chi connectivity index (χ0v) is 12.7. The van der Waals surface area contributed by atoms with Crippen LogP contribution in [0.2, 0.25) is 10.0 Å². The monoisotopic (exact) mass is 339 g/mol. The molecule has 2 rings (SSSR count). The van der Waals surface area contributed by atoms with Gasteiger partial charge in [0.1, 0.15) is 5.76 Å². The zero-order valence-electron chi connectivity index (χ0n) is 11.2. The normalized spacial score (nSPS) is 10.6. The van der Waals surface area contributed by atoms with E-state index in [-0.39, 0.29) is 0 Å². The first-order valence-electron chi connectivity index (χ1n) is 6.18. The van der Waals surface area contributed by atoms with Crippen LogP contribution in [0, 0.1) is 0 Å². The van der Waals surface area contributed by atoms with Gasteiger partial charge in [-0.1, -0.05) is 23.2 Å². The molecule has 114 valence electrons. The van der Waals surface area contributed by atoms with Crippen LogP contribution in [-0.4, -0.2) is 18.5 Å². The molecular weight excluding hydrogens is 329 g/mol. The number of nitrogens with one attached hydrogen (secondary N) is 1. The van der Waals surface area contributed by atoms with Crippen LogP contribution in [0.3, 0.4) is 0 Å². The molecule has 0 unspecified atom stereocenters. The lowest BCUT2D eigenvalue weighted by molar-refractivity contribution is -0.142. The number of hydrogen-bond donors (Lipinski definition) is 1. The lowest BCUT2D eigenvalue weighted by atomic mass is 10.3. The fourth-order valence-electron chi connectivity index (χ4n) is 1.50. The summed E-state index contributed by atoms with van der Waals surface area (Å²) in [4.78, 5) is 23.1. The summed E-state index contributed by atoms with van der Waals surface area (Å²) in [6.45, 7) is -0.430. The first-order valence-corrected chi connectivity index (χ1v) is 6.93. The van der Waals surface area contributed by atoms with E-state index in [4.69, 9.17) is 32.4 Å². The van der Waals surface area contributed by atoms with Crippen LogP contribution >= 0.6 is 23.2 Å². The first kappa shape index (κ1) is 16.1. The first-order chi connectivity index (χ1) is 10.5. The van der Waals surface area contributed by atoms with Crippen LogP contribution in [0.5, 0.6) is 0 Å². The Bertz CT molecular complexity index is 696. The maximum atomic E-state index is 11.7. The molecule has 5 nitrogen and oxygen atoms in total. The number of furan rings is 1. The van der Waals surface area contributed by atoms with E-state index in [1.54, 1.807) is 24.3 Å². The summed E-state index contributed by atoms with van der Waals surface area (Å²) in [6, 6.07) is 8.01. The lowest BCUT2D eigenvalue weighted by Crippen LogP contribution is -2.20. The van der Waals surface area contributed by atoms with Crippen LogP contribution in [0.15, 0.2) is 47.1 Å².